The fourth-order valence-electron chi connectivity index (χ4n) is 1.84. The summed E-state index contributed by atoms with van der Waals surface area (Å²) in [5.41, 5.74) is 1.22. The van der Waals surface area contributed by atoms with Crippen molar-refractivity contribution in [1.29, 1.82) is 0 Å². The van der Waals surface area contributed by atoms with Gasteiger partial charge >= 0.3 is 0 Å². The summed E-state index contributed by atoms with van der Waals surface area (Å²) in [6.45, 7) is 3.76. The van der Waals surface area contributed by atoms with E-state index in [0.717, 1.165) is 31.6 Å². The van der Waals surface area contributed by atoms with Crippen molar-refractivity contribution in [3.8, 4) is 0 Å². The minimum absolute atomic E-state index is 0.110. The fourth-order valence-corrected chi connectivity index (χ4v) is 1.84. The van der Waals surface area contributed by atoms with Crippen molar-refractivity contribution in [2.45, 2.75) is 25.2 Å². The topological polar surface area (TPSA) is 22.1 Å². The zero-order valence-electron chi connectivity index (χ0n) is 8.29. The van der Waals surface area contributed by atoms with Crippen molar-refractivity contribution < 1.29 is 9.13 Å². The Kier molecular flexibility index (Phi) is 2.50. The summed E-state index contributed by atoms with van der Waals surface area (Å²) in [5.74, 6) is -0.413. The van der Waals surface area contributed by atoms with Crippen molar-refractivity contribution in [2.75, 3.05) is 13.2 Å². The van der Waals surface area contributed by atoms with Gasteiger partial charge in [-0.15, -0.1) is 0 Å². The second-order valence-corrected chi connectivity index (χ2v) is 4.04. The fraction of sp³-hybridized carbons (Fsp3) is 0.545. The molecule has 1 aromatic heterocycles. The van der Waals surface area contributed by atoms with Crippen LogP contribution in [0.2, 0.25) is 0 Å². The average molecular weight is 195 g/mol. The average Bonchev–Trinajstić information content (AvgIpc) is 2.19. The molecule has 1 aliphatic rings. The van der Waals surface area contributed by atoms with Gasteiger partial charge in [-0.1, -0.05) is 13.0 Å². The molecule has 2 heterocycles. The molecule has 0 atom stereocenters. The predicted molar refractivity (Wildman–Crippen MR) is 51.6 cm³/mol. The molecule has 2 nitrogen and oxygen atoms in total. The molecule has 0 saturated carbocycles. The molecule has 2 rings (SSSR count). The second-order valence-electron chi connectivity index (χ2n) is 4.04. The molecule has 0 N–H and O–H groups in total. The smallest absolute Gasteiger partial charge is 0.212 e. The van der Waals surface area contributed by atoms with Gasteiger partial charge in [-0.05, 0) is 29.9 Å². The van der Waals surface area contributed by atoms with Crippen LogP contribution >= 0.6 is 0 Å². The third-order valence-corrected chi connectivity index (χ3v) is 3.02. The maximum atomic E-state index is 12.6. The first-order chi connectivity index (χ1) is 6.71. The Bertz CT molecular complexity index is 304. The summed E-state index contributed by atoms with van der Waals surface area (Å²) >= 11 is 0. The Morgan fingerprint density at radius 3 is 2.64 bits per heavy atom. The van der Waals surface area contributed by atoms with Crippen molar-refractivity contribution in [3.63, 3.8) is 0 Å². The number of pyridine rings is 1. The van der Waals surface area contributed by atoms with Gasteiger partial charge in [0.15, 0.2) is 0 Å². The summed E-state index contributed by atoms with van der Waals surface area (Å²) < 4.78 is 18.0. The van der Waals surface area contributed by atoms with E-state index in [1.54, 1.807) is 6.20 Å². The van der Waals surface area contributed by atoms with E-state index < -0.39 is 5.95 Å². The minimum Gasteiger partial charge on any atom is -0.381 e. The first kappa shape index (κ1) is 9.59. The van der Waals surface area contributed by atoms with Crippen LogP contribution in [0.4, 0.5) is 4.39 Å². The van der Waals surface area contributed by atoms with Crippen LogP contribution in [0, 0.1) is 5.95 Å². The zero-order chi connectivity index (χ0) is 10.0. The highest BCUT2D eigenvalue weighted by Gasteiger charge is 2.29. The van der Waals surface area contributed by atoms with E-state index in [2.05, 4.69) is 11.9 Å². The molecule has 0 radical (unpaired) electrons. The number of rotatable bonds is 1. The molecule has 0 spiro atoms. The van der Waals surface area contributed by atoms with Gasteiger partial charge in [-0.3, -0.25) is 0 Å². The maximum absolute atomic E-state index is 12.6. The molecule has 0 amide bonds. The Labute approximate surface area is 83.1 Å². The highest BCUT2D eigenvalue weighted by molar-refractivity contribution is 5.21. The standard InChI is InChI=1S/C11H14FNO/c1-11(4-6-14-7-5-11)9-2-3-10(12)13-8-9/h2-3,8H,4-7H2,1H3. The van der Waals surface area contributed by atoms with E-state index >= 15 is 0 Å². The lowest BCUT2D eigenvalue weighted by atomic mass is 9.77. The molecule has 0 aromatic carbocycles. The van der Waals surface area contributed by atoms with Gasteiger partial charge in [0, 0.05) is 19.4 Å². The monoisotopic (exact) mass is 195 g/mol. The van der Waals surface area contributed by atoms with Gasteiger partial charge in [0.05, 0.1) is 0 Å². The summed E-state index contributed by atoms with van der Waals surface area (Å²) in [4.78, 5) is 3.69. The molecule has 0 bridgehead atoms. The Balaban J connectivity index is 2.23. The number of halogens is 1. The lowest BCUT2D eigenvalue weighted by Gasteiger charge is -2.33. The van der Waals surface area contributed by atoms with Crippen LogP contribution < -0.4 is 0 Å². The molecule has 76 valence electrons. The molecule has 3 heteroatoms. The van der Waals surface area contributed by atoms with Crippen LogP contribution in [0.5, 0.6) is 0 Å². The number of nitrogens with zero attached hydrogens (tertiary/aromatic N) is 1. The summed E-state index contributed by atoms with van der Waals surface area (Å²) in [7, 11) is 0. The Morgan fingerprint density at radius 2 is 2.07 bits per heavy atom. The maximum Gasteiger partial charge on any atom is 0.212 e. The van der Waals surface area contributed by atoms with Crippen LogP contribution in [0.25, 0.3) is 0 Å². The van der Waals surface area contributed by atoms with Crippen LogP contribution in [-0.2, 0) is 10.2 Å². The van der Waals surface area contributed by atoms with E-state index in [1.807, 2.05) is 6.07 Å². The minimum atomic E-state index is -0.413. The largest absolute Gasteiger partial charge is 0.381 e. The first-order valence-electron chi connectivity index (χ1n) is 4.90. The van der Waals surface area contributed by atoms with Gasteiger partial charge in [0.25, 0.3) is 0 Å². The molecular weight excluding hydrogens is 181 g/mol. The molecule has 0 unspecified atom stereocenters. The van der Waals surface area contributed by atoms with Gasteiger partial charge in [-0.2, -0.15) is 4.39 Å². The third kappa shape index (κ3) is 1.77. The van der Waals surface area contributed by atoms with Crippen molar-refractivity contribution in [3.05, 3.63) is 29.8 Å². The van der Waals surface area contributed by atoms with E-state index in [-0.39, 0.29) is 5.41 Å². The van der Waals surface area contributed by atoms with Gasteiger partial charge < -0.3 is 4.74 Å². The van der Waals surface area contributed by atoms with Gasteiger partial charge in [0.2, 0.25) is 5.95 Å². The lowest BCUT2D eigenvalue weighted by Crippen LogP contribution is -2.30. The Morgan fingerprint density at radius 1 is 1.36 bits per heavy atom. The summed E-state index contributed by atoms with van der Waals surface area (Å²) in [5, 5.41) is 0. The highest BCUT2D eigenvalue weighted by atomic mass is 19.1. The molecule has 0 aliphatic carbocycles. The number of hydrogen-bond donors (Lipinski definition) is 0. The molecule has 1 fully saturated rings. The second kappa shape index (κ2) is 3.65. The summed E-state index contributed by atoms with van der Waals surface area (Å²) in [6.07, 6.45) is 3.61. The predicted octanol–water partition coefficient (Wildman–Crippen LogP) is 2.29. The van der Waals surface area contributed by atoms with Gasteiger partial charge in [0.1, 0.15) is 0 Å². The number of hydrogen-bond acceptors (Lipinski definition) is 2. The van der Waals surface area contributed by atoms with Crippen LogP contribution in [0.15, 0.2) is 18.3 Å². The SMILES string of the molecule is CC1(c2ccc(F)nc2)CCOCC1. The van der Waals surface area contributed by atoms with Crippen LogP contribution in [0.1, 0.15) is 25.3 Å². The quantitative estimate of drug-likeness (QED) is 0.641. The molecule has 1 aliphatic heterocycles. The zero-order valence-corrected chi connectivity index (χ0v) is 8.29. The molecule has 1 saturated heterocycles. The molecule has 1 aromatic rings. The molecular formula is C11H14FNO. The van der Waals surface area contributed by atoms with E-state index in [4.69, 9.17) is 4.74 Å². The van der Waals surface area contributed by atoms with E-state index in [0.29, 0.717) is 0 Å². The van der Waals surface area contributed by atoms with Crippen LogP contribution in [0.3, 0.4) is 0 Å². The first-order valence-corrected chi connectivity index (χ1v) is 4.90. The third-order valence-electron chi connectivity index (χ3n) is 3.02. The number of aromatic nitrogens is 1. The van der Waals surface area contributed by atoms with Crippen LogP contribution in [-0.4, -0.2) is 18.2 Å². The molecule has 14 heavy (non-hydrogen) atoms. The number of ether oxygens (including phenoxy) is 1. The normalized spacial score (nSPS) is 20.7. The van der Waals surface area contributed by atoms with Crippen molar-refractivity contribution >= 4 is 0 Å². The van der Waals surface area contributed by atoms with E-state index in [9.17, 15) is 4.39 Å². The van der Waals surface area contributed by atoms with Crippen molar-refractivity contribution in [1.82, 2.24) is 4.98 Å². The van der Waals surface area contributed by atoms with Gasteiger partial charge in [-0.25, -0.2) is 4.98 Å². The summed E-state index contributed by atoms with van der Waals surface area (Å²) in [6, 6.07) is 3.25. The Hall–Kier alpha value is -0.960. The highest BCUT2D eigenvalue weighted by Crippen LogP contribution is 2.33. The lowest BCUT2D eigenvalue weighted by molar-refractivity contribution is 0.0563. The van der Waals surface area contributed by atoms with Crippen molar-refractivity contribution in [2.24, 2.45) is 0 Å². The van der Waals surface area contributed by atoms with E-state index in [1.165, 1.54) is 6.07 Å².